The van der Waals surface area contributed by atoms with Gasteiger partial charge in [0.2, 0.25) is 5.91 Å². The minimum absolute atomic E-state index is 0.0180. The molecule has 10 heteroatoms. The van der Waals surface area contributed by atoms with E-state index in [0.29, 0.717) is 19.4 Å². The lowest BCUT2D eigenvalue weighted by Gasteiger charge is -2.16. The molecule has 134 valence electrons. The largest absolute Gasteiger partial charge is 0.338 e. The van der Waals surface area contributed by atoms with E-state index in [9.17, 15) is 24.1 Å². The molecule has 0 aliphatic carbocycles. The van der Waals surface area contributed by atoms with Crippen LogP contribution in [-0.4, -0.2) is 38.2 Å². The third kappa shape index (κ3) is 3.63. The lowest BCUT2D eigenvalue weighted by Crippen LogP contribution is -2.24. The molecule has 1 N–H and O–H groups in total. The lowest BCUT2D eigenvalue weighted by atomic mass is 10.1. The number of nitrogens with zero attached hydrogens (tertiary/aromatic N) is 4. The average molecular weight is 359 g/mol. The van der Waals surface area contributed by atoms with E-state index in [2.05, 4.69) is 15.3 Å². The Bertz CT molecular complexity index is 874. The van der Waals surface area contributed by atoms with Gasteiger partial charge in [-0.1, -0.05) is 0 Å². The van der Waals surface area contributed by atoms with Gasteiger partial charge in [-0.2, -0.15) is 0 Å². The molecule has 1 saturated heterocycles. The second-order valence-electron chi connectivity index (χ2n) is 5.68. The van der Waals surface area contributed by atoms with Crippen LogP contribution in [0.1, 0.15) is 28.9 Å². The molecule has 2 aromatic rings. The van der Waals surface area contributed by atoms with E-state index in [-0.39, 0.29) is 29.4 Å². The summed E-state index contributed by atoms with van der Waals surface area (Å²) in [7, 11) is 0. The number of nitro benzene ring substituents is 1. The fourth-order valence-electron chi connectivity index (χ4n) is 2.66. The van der Waals surface area contributed by atoms with Crippen molar-refractivity contribution in [3.63, 3.8) is 0 Å². The quantitative estimate of drug-likeness (QED) is 0.643. The van der Waals surface area contributed by atoms with E-state index in [4.69, 9.17) is 0 Å². The Morgan fingerprint density at radius 2 is 2.19 bits per heavy atom. The molecule has 1 aliphatic rings. The second kappa shape index (κ2) is 7.21. The van der Waals surface area contributed by atoms with Crippen molar-refractivity contribution in [2.45, 2.75) is 19.4 Å². The second-order valence-corrected chi connectivity index (χ2v) is 5.68. The van der Waals surface area contributed by atoms with Gasteiger partial charge in [0.1, 0.15) is 17.2 Å². The van der Waals surface area contributed by atoms with Crippen molar-refractivity contribution in [2.24, 2.45) is 0 Å². The molecule has 2 amide bonds. The van der Waals surface area contributed by atoms with E-state index >= 15 is 0 Å². The number of likely N-dealkylation sites (tertiary alicyclic amines) is 1. The number of carbonyl (C=O) groups excluding carboxylic acids is 2. The van der Waals surface area contributed by atoms with E-state index in [0.717, 1.165) is 12.1 Å². The fraction of sp³-hybridized carbons (Fsp3) is 0.250. The van der Waals surface area contributed by atoms with Crippen LogP contribution in [0.2, 0.25) is 0 Å². The molecule has 9 nitrogen and oxygen atoms in total. The Morgan fingerprint density at radius 3 is 2.81 bits per heavy atom. The van der Waals surface area contributed by atoms with Crippen LogP contribution in [0, 0.1) is 15.9 Å². The molecule has 3 rings (SSSR count). The molecule has 1 fully saturated rings. The summed E-state index contributed by atoms with van der Waals surface area (Å²) in [6.07, 6.45) is 4.91. The Labute approximate surface area is 147 Å². The van der Waals surface area contributed by atoms with Gasteiger partial charge < -0.3 is 10.2 Å². The van der Waals surface area contributed by atoms with Gasteiger partial charge in [0.25, 0.3) is 11.6 Å². The third-order valence-electron chi connectivity index (χ3n) is 3.94. The number of nitro groups is 1. The Hall–Kier alpha value is -3.43. The van der Waals surface area contributed by atoms with Crippen molar-refractivity contribution in [3.05, 3.63) is 57.9 Å². The molecular weight excluding hydrogens is 345 g/mol. The third-order valence-corrected chi connectivity index (χ3v) is 3.94. The zero-order chi connectivity index (χ0) is 18.7. The van der Waals surface area contributed by atoms with Crippen LogP contribution >= 0.6 is 0 Å². The van der Waals surface area contributed by atoms with E-state index in [1.54, 1.807) is 0 Å². The number of benzene rings is 1. The Morgan fingerprint density at radius 1 is 1.38 bits per heavy atom. The van der Waals surface area contributed by atoms with Crippen molar-refractivity contribution in [3.8, 4) is 0 Å². The van der Waals surface area contributed by atoms with Gasteiger partial charge in [-0.25, -0.2) is 9.37 Å². The van der Waals surface area contributed by atoms with E-state index in [1.165, 1.54) is 23.5 Å². The van der Waals surface area contributed by atoms with Crippen LogP contribution in [0.3, 0.4) is 0 Å². The molecule has 0 spiro atoms. The summed E-state index contributed by atoms with van der Waals surface area (Å²) >= 11 is 0. The Balaban J connectivity index is 1.88. The van der Waals surface area contributed by atoms with Gasteiger partial charge in [0.15, 0.2) is 0 Å². The molecule has 0 atom stereocenters. The SMILES string of the molecule is O=C(Nc1cc(F)c(CN2CCCC2=O)cc1[N+](=O)[O-])c1cnccn1. The topological polar surface area (TPSA) is 118 Å². The summed E-state index contributed by atoms with van der Waals surface area (Å²) in [4.78, 5) is 43.3. The predicted molar refractivity (Wildman–Crippen MR) is 87.7 cm³/mol. The zero-order valence-electron chi connectivity index (χ0n) is 13.5. The minimum atomic E-state index is -0.747. The number of rotatable bonds is 5. The smallest absolute Gasteiger partial charge is 0.293 e. The average Bonchev–Trinajstić information content (AvgIpc) is 3.02. The van der Waals surface area contributed by atoms with E-state index < -0.39 is 22.3 Å². The lowest BCUT2D eigenvalue weighted by molar-refractivity contribution is -0.384. The highest BCUT2D eigenvalue weighted by Gasteiger charge is 2.25. The first-order valence-electron chi connectivity index (χ1n) is 7.77. The predicted octanol–water partition coefficient (Wildman–Crippen LogP) is 1.90. The molecule has 0 saturated carbocycles. The number of aromatic nitrogens is 2. The molecule has 26 heavy (non-hydrogen) atoms. The highest BCUT2D eigenvalue weighted by molar-refractivity contribution is 6.03. The van der Waals surface area contributed by atoms with Gasteiger partial charge in [-0.05, 0) is 6.42 Å². The van der Waals surface area contributed by atoms with Gasteiger partial charge in [0.05, 0.1) is 11.1 Å². The summed E-state index contributed by atoms with van der Waals surface area (Å²) in [6, 6.07) is 1.91. The summed E-state index contributed by atoms with van der Waals surface area (Å²) in [5, 5.41) is 13.6. The highest BCUT2D eigenvalue weighted by Crippen LogP contribution is 2.29. The van der Waals surface area contributed by atoms with Crippen molar-refractivity contribution in [2.75, 3.05) is 11.9 Å². The number of amides is 2. The fourth-order valence-corrected chi connectivity index (χ4v) is 2.66. The van der Waals surface area contributed by atoms with Crippen LogP contribution < -0.4 is 5.32 Å². The maximum absolute atomic E-state index is 14.4. The summed E-state index contributed by atoms with van der Waals surface area (Å²) in [6.45, 7) is 0.432. The van der Waals surface area contributed by atoms with Crippen LogP contribution in [0.15, 0.2) is 30.7 Å². The van der Waals surface area contributed by atoms with Gasteiger partial charge >= 0.3 is 0 Å². The first-order chi connectivity index (χ1) is 12.5. The van der Waals surface area contributed by atoms with E-state index in [1.807, 2.05) is 0 Å². The molecule has 1 aliphatic heterocycles. The molecule has 0 unspecified atom stereocenters. The minimum Gasteiger partial charge on any atom is -0.338 e. The number of carbonyl (C=O) groups is 2. The van der Waals surface area contributed by atoms with Crippen LogP contribution in [-0.2, 0) is 11.3 Å². The van der Waals surface area contributed by atoms with Gasteiger partial charge in [-0.15, -0.1) is 0 Å². The summed E-state index contributed by atoms with van der Waals surface area (Å²) < 4.78 is 14.4. The maximum atomic E-state index is 14.4. The first kappa shape index (κ1) is 17.4. The first-order valence-corrected chi connectivity index (χ1v) is 7.77. The number of hydrogen-bond acceptors (Lipinski definition) is 6. The molecule has 1 aromatic carbocycles. The van der Waals surface area contributed by atoms with Crippen molar-refractivity contribution in [1.82, 2.24) is 14.9 Å². The standard InChI is InChI=1S/C16H14FN5O4/c17-11-7-12(20-16(24)13-8-18-3-4-19-13)14(22(25)26)6-10(11)9-21-5-1-2-15(21)23/h3-4,6-8H,1-2,5,9H2,(H,20,24). The molecule has 1 aromatic heterocycles. The highest BCUT2D eigenvalue weighted by atomic mass is 19.1. The summed E-state index contributed by atoms with van der Waals surface area (Å²) in [5.41, 5.74) is -0.802. The van der Waals surface area contributed by atoms with Crippen LogP contribution in [0.4, 0.5) is 15.8 Å². The van der Waals surface area contributed by atoms with Crippen molar-refractivity contribution in [1.29, 1.82) is 0 Å². The molecule has 0 bridgehead atoms. The van der Waals surface area contributed by atoms with Gasteiger partial charge in [-0.3, -0.25) is 24.7 Å². The maximum Gasteiger partial charge on any atom is 0.293 e. The molecule has 0 radical (unpaired) electrons. The number of hydrogen-bond donors (Lipinski definition) is 1. The zero-order valence-corrected chi connectivity index (χ0v) is 13.5. The number of nitrogens with one attached hydrogen (secondary N) is 1. The number of halogens is 1. The monoisotopic (exact) mass is 359 g/mol. The molecular formula is C16H14FN5O4. The molecule has 2 heterocycles. The normalized spacial score (nSPS) is 13.7. The van der Waals surface area contributed by atoms with Crippen LogP contribution in [0.5, 0.6) is 0 Å². The van der Waals surface area contributed by atoms with Crippen molar-refractivity contribution < 1.29 is 18.9 Å². The Kier molecular flexibility index (Phi) is 4.83. The van der Waals surface area contributed by atoms with Crippen molar-refractivity contribution >= 4 is 23.2 Å². The summed E-state index contributed by atoms with van der Waals surface area (Å²) in [5.74, 6) is -1.61. The van der Waals surface area contributed by atoms with Gasteiger partial charge in [0, 0.05) is 49.6 Å². The number of anilines is 1. The van der Waals surface area contributed by atoms with Crippen LogP contribution in [0.25, 0.3) is 0 Å².